The van der Waals surface area contributed by atoms with Gasteiger partial charge in [-0.3, -0.25) is 14.5 Å². The molecule has 2 aromatic rings. The first kappa shape index (κ1) is 14.2. The fourth-order valence-electron chi connectivity index (χ4n) is 2.05. The summed E-state index contributed by atoms with van der Waals surface area (Å²) in [5, 5.41) is 7.09. The molecule has 0 saturated carbocycles. The van der Waals surface area contributed by atoms with E-state index in [4.69, 9.17) is 0 Å². The monoisotopic (exact) mass is 276 g/mol. The normalized spacial score (nSPS) is 10.6. The first-order valence-corrected chi connectivity index (χ1v) is 6.49. The summed E-state index contributed by atoms with van der Waals surface area (Å²) < 4.78 is 15.4. The van der Waals surface area contributed by atoms with Gasteiger partial charge in [0.1, 0.15) is 0 Å². The van der Waals surface area contributed by atoms with Crippen molar-refractivity contribution in [1.29, 1.82) is 0 Å². The predicted molar refractivity (Wildman–Crippen MR) is 74.1 cm³/mol. The van der Waals surface area contributed by atoms with Gasteiger partial charge in [-0.05, 0) is 26.3 Å². The molecule has 0 bridgehead atoms. The quantitative estimate of drug-likeness (QED) is 0.934. The third-order valence-corrected chi connectivity index (χ3v) is 3.07. The number of aromatic nitrogens is 3. The molecule has 0 spiro atoms. The van der Waals surface area contributed by atoms with E-state index < -0.39 is 11.7 Å². The largest absolute Gasteiger partial charge is 0.319 e. The zero-order valence-electron chi connectivity index (χ0n) is 11.8. The fraction of sp³-hybridized carbons (Fsp3) is 0.357. The van der Waals surface area contributed by atoms with Gasteiger partial charge in [0.2, 0.25) is 0 Å². The SMILES string of the molecule is CCCn1nc(C)c(NC(=O)c2ccncc2F)c1C. The highest BCUT2D eigenvalue weighted by Crippen LogP contribution is 2.21. The lowest BCUT2D eigenvalue weighted by atomic mass is 10.2. The maximum absolute atomic E-state index is 13.5. The van der Waals surface area contributed by atoms with Crippen molar-refractivity contribution in [3.8, 4) is 0 Å². The van der Waals surface area contributed by atoms with Gasteiger partial charge in [0.15, 0.2) is 5.82 Å². The molecule has 0 aromatic carbocycles. The molecule has 0 aliphatic rings. The number of nitrogens with zero attached hydrogens (tertiary/aromatic N) is 3. The molecule has 0 fully saturated rings. The van der Waals surface area contributed by atoms with Crippen LogP contribution in [0.4, 0.5) is 10.1 Å². The molecule has 0 saturated heterocycles. The van der Waals surface area contributed by atoms with Crippen LogP contribution in [0.1, 0.15) is 35.1 Å². The summed E-state index contributed by atoms with van der Waals surface area (Å²) >= 11 is 0. The Labute approximate surface area is 116 Å². The van der Waals surface area contributed by atoms with Crippen molar-refractivity contribution < 1.29 is 9.18 Å². The minimum atomic E-state index is -0.638. The lowest BCUT2D eigenvalue weighted by Gasteiger charge is -2.07. The van der Waals surface area contributed by atoms with Crippen molar-refractivity contribution >= 4 is 11.6 Å². The number of aryl methyl sites for hydroxylation is 2. The zero-order chi connectivity index (χ0) is 14.7. The van der Waals surface area contributed by atoms with Gasteiger partial charge in [-0.15, -0.1) is 0 Å². The third-order valence-electron chi connectivity index (χ3n) is 3.07. The van der Waals surface area contributed by atoms with Gasteiger partial charge >= 0.3 is 0 Å². The molecule has 0 radical (unpaired) electrons. The number of pyridine rings is 1. The second-order valence-electron chi connectivity index (χ2n) is 4.58. The fourth-order valence-corrected chi connectivity index (χ4v) is 2.05. The number of anilines is 1. The van der Waals surface area contributed by atoms with Gasteiger partial charge in [0.25, 0.3) is 5.91 Å². The Hall–Kier alpha value is -2.24. The van der Waals surface area contributed by atoms with Crippen molar-refractivity contribution in [3.05, 3.63) is 41.2 Å². The van der Waals surface area contributed by atoms with Crippen molar-refractivity contribution in [2.24, 2.45) is 0 Å². The zero-order valence-corrected chi connectivity index (χ0v) is 11.8. The Balaban J connectivity index is 2.27. The van der Waals surface area contributed by atoms with Crippen LogP contribution in [0.15, 0.2) is 18.5 Å². The lowest BCUT2D eigenvalue weighted by molar-refractivity contribution is 0.102. The van der Waals surface area contributed by atoms with Crippen molar-refractivity contribution in [1.82, 2.24) is 14.8 Å². The highest BCUT2D eigenvalue weighted by Gasteiger charge is 2.17. The van der Waals surface area contributed by atoms with Gasteiger partial charge in [0.05, 0.1) is 28.8 Å². The first-order valence-electron chi connectivity index (χ1n) is 6.49. The Bertz CT molecular complexity index is 636. The van der Waals surface area contributed by atoms with E-state index in [1.807, 2.05) is 18.5 Å². The molecule has 5 nitrogen and oxygen atoms in total. The summed E-state index contributed by atoms with van der Waals surface area (Å²) in [7, 11) is 0. The Kier molecular flexibility index (Phi) is 4.12. The second-order valence-corrected chi connectivity index (χ2v) is 4.58. The number of hydrogen-bond acceptors (Lipinski definition) is 3. The van der Waals surface area contributed by atoms with Gasteiger partial charge < -0.3 is 5.32 Å². The average Bonchev–Trinajstić information content (AvgIpc) is 2.67. The van der Waals surface area contributed by atoms with Crippen LogP contribution < -0.4 is 5.32 Å². The Morgan fingerprint density at radius 2 is 2.20 bits per heavy atom. The molecule has 1 N–H and O–H groups in total. The highest BCUT2D eigenvalue weighted by atomic mass is 19.1. The van der Waals surface area contributed by atoms with Gasteiger partial charge in [-0.2, -0.15) is 5.10 Å². The van der Waals surface area contributed by atoms with E-state index in [0.29, 0.717) is 5.69 Å². The summed E-state index contributed by atoms with van der Waals surface area (Å²) in [6.07, 6.45) is 3.36. The maximum atomic E-state index is 13.5. The first-order chi connectivity index (χ1) is 9.54. The van der Waals surface area contributed by atoms with Crippen LogP contribution in [0.2, 0.25) is 0 Å². The topological polar surface area (TPSA) is 59.8 Å². The van der Waals surface area contributed by atoms with Crippen molar-refractivity contribution in [2.75, 3.05) is 5.32 Å². The second kappa shape index (κ2) is 5.81. The Morgan fingerprint density at radius 1 is 1.45 bits per heavy atom. The van der Waals surface area contributed by atoms with Gasteiger partial charge in [-0.1, -0.05) is 6.92 Å². The molecule has 0 aliphatic carbocycles. The lowest BCUT2D eigenvalue weighted by Crippen LogP contribution is -2.15. The summed E-state index contributed by atoms with van der Waals surface area (Å²) in [5.41, 5.74) is 2.20. The smallest absolute Gasteiger partial charge is 0.258 e. The molecule has 2 aromatic heterocycles. The highest BCUT2D eigenvalue weighted by molar-refractivity contribution is 6.04. The van der Waals surface area contributed by atoms with E-state index in [1.54, 1.807) is 0 Å². The molecule has 0 unspecified atom stereocenters. The van der Waals surface area contributed by atoms with Crippen LogP contribution >= 0.6 is 0 Å². The van der Waals surface area contributed by atoms with Gasteiger partial charge in [0, 0.05) is 12.7 Å². The van der Waals surface area contributed by atoms with Crippen molar-refractivity contribution in [2.45, 2.75) is 33.7 Å². The summed E-state index contributed by atoms with van der Waals surface area (Å²) in [6, 6.07) is 1.35. The van der Waals surface area contributed by atoms with E-state index in [1.165, 1.54) is 12.3 Å². The van der Waals surface area contributed by atoms with Crippen LogP contribution in [-0.2, 0) is 6.54 Å². The molecule has 1 amide bonds. The van der Waals surface area contributed by atoms with E-state index in [-0.39, 0.29) is 5.56 Å². The third kappa shape index (κ3) is 2.68. The summed E-state index contributed by atoms with van der Waals surface area (Å²) in [6.45, 7) is 6.54. The number of carbonyl (C=O) groups is 1. The summed E-state index contributed by atoms with van der Waals surface area (Å²) in [4.78, 5) is 15.7. The van der Waals surface area contributed by atoms with Crippen LogP contribution in [0.3, 0.4) is 0 Å². The predicted octanol–water partition coefficient (Wildman–Crippen LogP) is 2.70. The number of carbonyl (C=O) groups excluding carboxylic acids is 1. The molecule has 0 atom stereocenters. The number of hydrogen-bond donors (Lipinski definition) is 1. The summed E-state index contributed by atoms with van der Waals surface area (Å²) in [5.74, 6) is -1.13. The number of amides is 1. The molecule has 20 heavy (non-hydrogen) atoms. The molecule has 2 rings (SSSR count). The maximum Gasteiger partial charge on any atom is 0.258 e. The van der Waals surface area contributed by atoms with E-state index >= 15 is 0 Å². The van der Waals surface area contributed by atoms with E-state index in [2.05, 4.69) is 22.3 Å². The van der Waals surface area contributed by atoms with Crippen LogP contribution in [0.25, 0.3) is 0 Å². The van der Waals surface area contributed by atoms with Crippen molar-refractivity contribution in [3.63, 3.8) is 0 Å². The molecular weight excluding hydrogens is 259 g/mol. The molecule has 106 valence electrons. The van der Waals surface area contributed by atoms with Gasteiger partial charge in [-0.25, -0.2) is 4.39 Å². The Morgan fingerprint density at radius 3 is 2.85 bits per heavy atom. The molecule has 0 aliphatic heterocycles. The van der Waals surface area contributed by atoms with Crippen LogP contribution in [0.5, 0.6) is 0 Å². The molecule has 6 heteroatoms. The van der Waals surface area contributed by atoms with E-state index in [9.17, 15) is 9.18 Å². The minimum Gasteiger partial charge on any atom is -0.319 e. The number of nitrogens with one attached hydrogen (secondary N) is 1. The molecule has 2 heterocycles. The van der Waals surface area contributed by atoms with Crippen LogP contribution in [-0.4, -0.2) is 20.7 Å². The molecular formula is C14H17FN4O. The van der Waals surface area contributed by atoms with Crippen LogP contribution in [0, 0.1) is 19.7 Å². The standard InChI is InChI=1S/C14H17FN4O/c1-4-7-19-10(3)13(9(2)18-19)17-14(20)11-5-6-16-8-12(11)15/h5-6,8H,4,7H2,1-3H3,(H,17,20). The number of rotatable bonds is 4. The average molecular weight is 276 g/mol. The minimum absolute atomic E-state index is 0.0259. The van der Waals surface area contributed by atoms with E-state index in [0.717, 1.165) is 30.6 Å². The number of halogens is 1.